The van der Waals surface area contributed by atoms with E-state index in [4.69, 9.17) is 9.47 Å². The molecule has 140 valence electrons. The summed E-state index contributed by atoms with van der Waals surface area (Å²) >= 11 is 0. The van der Waals surface area contributed by atoms with Gasteiger partial charge in [0.1, 0.15) is 0 Å². The van der Waals surface area contributed by atoms with E-state index >= 15 is 0 Å². The average Bonchev–Trinajstić information content (AvgIpc) is 2.70. The lowest BCUT2D eigenvalue weighted by molar-refractivity contribution is -0.0161. The molecule has 1 aliphatic carbocycles. The first-order valence-electron chi connectivity index (χ1n) is 9.77. The average molecular weight is 354 g/mol. The normalized spacial score (nSPS) is 20.4. The van der Waals surface area contributed by atoms with E-state index in [2.05, 4.69) is 65.6 Å². The molecule has 0 N–H and O–H groups in total. The molecule has 2 aromatic carbocycles. The first-order chi connectivity index (χ1) is 12.8. The predicted molar refractivity (Wildman–Crippen MR) is 106 cm³/mol. The van der Waals surface area contributed by atoms with Crippen molar-refractivity contribution in [3.63, 3.8) is 0 Å². The minimum atomic E-state index is 0.400. The van der Waals surface area contributed by atoms with Crippen LogP contribution in [0.5, 0.6) is 0 Å². The lowest BCUT2D eigenvalue weighted by atomic mass is 9.91. The van der Waals surface area contributed by atoms with Crippen molar-refractivity contribution < 1.29 is 9.47 Å². The van der Waals surface area contributed by atoms with Gasteiger partial charge in [-0.2, -0.15) is 0 Å². The second-order valence-electron chi connectivity index (χ2n) is 7.17. The topological polar surface area (TPSA) is 21.7 Å². The van der Waals surface area contributed by atoms with Crippen LogP contribution in [-0.4, -0.2) is 37.4 Å². The molecule has 0 amide bonds. The summed E-state index contributed by atoms with van der Waals surface area (Å²) in [5.74, 6) is 0. The minimum Gasteiger partial charge on any atom is -0.382 e. The Morgan fingerprint density at radius 2 is 1.31 bits per heavy atom. The van der Waals surface area contributed by atoms with Crippen molar-refractivity contribution in [1.82, 2.24) is 4.90 Å². The zero-order chi connectivity index (χ0) is 18.0. The van der Waals surface area contributed by atoms with Gasteiger partial charge in [0.25, 0.3) is 0 Å². The van der Waals surface area contributed by atoms with Crippen molar-refractivity contribution >= 4 is 0 Å². The Morgan fingerprint density at radius 1 is 0.769 bits per heavy atom. The van der Waals surface area contributed by atoms with E-state index in [0.717, 1.165) is 25.9 Å². The maximum absolute atomic E-state index is 5.94. The van der Waals surface area contributed by atoms with Gasteiger partial charge in [-0.05, 0) is 36.8 Å². The fourth-order valence-corrected chi connectivity index (χ4v) is 3.83. The Bertz CT molecular complexity index is 567. The molecule has 3 heteroatoms. The molecule has 0 spiro atoms. The van der Waals surface area contributed by atoms with E-state index in [1.54, 1.807) is 7.11 Å². The molecule has 3 rings (SSSR count). The molecule has 2 aromatic rings. The van der Waals surface area contributed by atoms with Gasteiger partial charge >= 0.3 is 0 Å². The van der Waals surface area contributed by atoms with Crippen molar-refractivity contribution in [2.24, 2.45) is 0 Å². The van der Waals surface area contributed by atoms with Gasteiger partial charge in [-0.25, -0.2) is 0 Å². The third-order valence-corrected chi connectivity index (χ3v) is 5.26. The second kappa shape index (κ2) is 10.5. The molecule has 0 aromatic heterocycles. The van der Waals surface area contributed by atoms with Crippen LogP contribution >= 0.6 is 0 Å². The van der Waals surface area contributed by atoms with Gasteiger partial charge < -0.3 is 9.47 Å². The number of hydrogen-bond donors (Lipinski definition) is 0. The summed E-state index contributed by atoms with van der Waals surface area (Å²) in [7, 11) is 1.73. The molecule has 26 heavy (non-hydrogen) atoms. The van der Waals surface area contributed by atoms with Gasteiger partial charge in [-0.1, -0.05) is 60.7 Å². The van der Waals surface area contributed by atoms with E-state index in [0.29, 0.717) is 25.4 Å². The third kappa shape index (κ3) is 5.94. The Labute approximate surface area is 157 Å². The molecule has 3 nitrogen and oxygen atoms in total. The van der Waals surface area contributed by atoms with Crippen molar-refractivity contribution in [2.75, 3.05) is 20.3 Å². The molecule has 1 saturated carbocycles. The van der Waals surface area contributed by atoms with Crippen LogP contribution in [0.15, 0.2) is 60.7 Å². The van der Waals surface area contributed by atoms with E-state index < -0.39 is 0 Å². The highest BCUT2D eigenvalue weighted by Gasteiger charge is 2.26. The molecule has 0 atom stereocenters. The molecular weight excluding hydrogens is 322 g/mol. The van der Waals surface area contributed by atoms with Crippen LogP contribution < -0.4 is 0 Å². The maximum Gasteiger partial charge on any atom is 0.0704 e. The molecule has 0 aliphatic heterocycles. The number of benzene rings is 2. The number of methoxy groups -OCH3 is 1. The van der Waals surface area contributed by atoms with Crippen LogP contribution in [0.3, 0.4) is 0 Å². The largest absolute Gasteiger partial charge is 0.382 e. The summed E-state index contributed by atoms with van der Waals surface area (Å²) in [6.07, 6.45) is 5.11. The molecule has 1 fully saturated rings. The zero-order valence-electron chi connectivity index (χ0n) is 15.8. The molecule has 1 aliphatic rings. The highest BCUT2D eigenvalue weighted by molar-refractivity contribution is 5.17. The van der Waals surface area contributed by atoms with E-state index in [1.807, 2.05) is 0 Å². The van der Waals surface area contributed by atoms with Crippen molar-refractivity contribution in [1.29, 1.82) is 0 Å². The SMILES string of the molecule is COCCO[C@H]1CC[C@@H](N(Cc2ccccc2)Cc2ccccc2)CC1. The molecule has 0 heterocycles. The third-order valence-electron chi connectivity index (χ3n) is 5.26. The van der Waals surface area contributed by atoms with E-state index in [9.17, 15) is 0 Å². The summed E-state index contributed by atoms with van der Waals surface area (Å²) in [5.41, 5.74) is 2.78. The number of nitrogens with zero attached hydrogens (tertiary/aromatic N) is 1. The smallest absolute Gasteiger partial charge is 0.0704 e. The number of ether oxygens (including phenoxy) is 2. The molecule has 0 radical (unpaired) electrons. The molecular formula is C23H31NO2. The highest BCUT2D eigenvalue weighted by atomic mass is 16.5. The summed E-state index contributed by atoms with van der Waals surface area (Å²) in [6, 6.07) is 22.3. The summed E-state index contributed by atoms with van der Waals surface area (Å²) in [6.45, 7) is 3.42. The van der Waals surface area contributed by atoms with Crippen LogP contribution in [-0.2, 0) is 22.6 Å². The first-order valence-corrected chi connectivity index (χ1v) is 9.77. The minimum absolute atomic E-state index is 0.400. The lowest BCUT2D eigenvalue weighted by Gasteiger charge is -2.37. The summed E-state index contributed by atoms with van der Waals surface area (Å²) in [5, 5.41) is 0. The van der Waals surface area contributed by atoms with Crippen molar-refractivity contribution in [3.8, 4) is 0 Å². The van der Waals surface area contributed by atoms with E-state index in [1.165, 1.54) is 24.0 Å². The quantitative estimate of drug-likeness (QED) is 0.612. The monoisotopic (exact) mass is 353 g/mol. The molecule has 0 bridgehead atoms. The Hall–Kier alpha value is -1.68. The first kappa shape index (κ1) is 19.1. The van der Waals surface area contributed by atoms with Gasteiger partial charge in [0.05, 0.1) is 19.3 Å². The second-order valence-corrected chi connectivity index (χ2v) is 7.17. The Kier molecular flexibility index (Phi) is 7.68. The van der Waals surface area contributed by atoms with Crippen LogP contribution in [0.2, 0.25) is 0 Å². The van der Waals surface area contributed by atoms with Crippen molar-refractivity contribution in [3.05, 3.63) is 71.8 Å². The van der Waals surface area contributed by atoms with Crippen LogP contribution in [0.1, 0.15) is 36.8 Å². The number of rotatable bonds is 9. The fraction of sp³-hybridized carbons (Fsp3) is 0.478. The summed E-state index contributed by atoms with van der Waals surface area (Å²) < 4.78 is 11.0. The molecule has 0 unspecified atom stereocenters. The fourth-order valence-electron chi connectivity index (χ4n) is 3.83. The molecule has 0 saturated heterocycles. The zero-order valence-corrected chi connectivity index (χ0v) is 15.8. The van der Waals surface area contributed by atoms with Gasteiger partial charge in [-0.3, -0.25) is 4.90 Å². The van der Waals surface area contributed by atoms with Crippen molar-refractivity contribution in [2.45, 2.75) is 50.9 Å². The highest BCUT2D eigenvalue weighted by Crippen LogP contribution is 2.27. The Balaban J connectivity index is 1.60. The van der Waals surface area contributed by atoms with E-state index in [-0.39, 0.29) is 0 Å². The van der Waals surface area contributed by atoms with Crippen LogP contribution in [0, 0.1) is 0 Å². The van der Waals surface area contributed by atoms with Gasteiger partial charge in [0, 0.05) is 26.2 Å². The van der Waals surface area contributed by atoms with Crippen LogP contribution in [0.4, 0.5) is 0 Å². The van der Waals surface area contributed by atoms with Gasteiger partial charge in [0.2, 0.25) is 0 Å². The van der Waals surface area contributed by atoms with Gasteiger partial charge in [-0.15, -0.1) is 0 Å². The van der Waals surface area contributed by atoms with Gasteiger partial charge in [0.15, 0.2) is 0 Å². The Morgan fingerprint density at radius 3 is 1.81 bits per heavy atom. The lowest BCUT2D eigenvalue weighted by Crippen LogP contribution is -2.39. The summed E-state index contributed by atoms with van der Waals surface area (Å²) in [4.78, 5) is 2.65. The predicted octanol–water partition coefficient (Wildman–Crippen LogP) is 4.66. The maximum atomic E-state index is 5.94. The number of hydrogen-bond acceptors (Lipinski definition) is 3. The van der Waals surface area contributed by atoms with Crippen LogP contribution in [0.25, 0.3) is 0 Å². The standard InChI is InChI=1S/C23H31NO2/c1-25-16-17-26-23-14-12-22(13-15-23)24(18-20-8-4-2-5-9-20)19-21-10-6-3-7-11-21/h2-11,22-23H,12-19H2,1H3/t22-,23+.